The van der Waals surface area contributed by atoms with Gasteiger partial charge >= 0.3 is 6.03 Å². The number of hydrogen-bond donors (Lipinski definition) is 3. The molecule has 0 radical (unpaired) electrons. The van der Waals surface area contributed by atoms with Gasteiger partial charge in [-0.25, -0.2) is 4.79 Å². The summed E-state index contributed by atoms with van der Waals surface area (Å²) in [5, 5.41) is 4.64. The fraction of sp³-hybridized carbons (Fsp3) is 0.385. The van der Waals surface area contributed by atoms with Crippen molar-refractivity contribution < 1.29 is 14.3 Å². The van der Waals surface area contributed by atoms with Crippen LogP contribution in [0, 0.1) is 6.92 Å². The Hall–Kier alpha value is -2.24. The third-order valence-corrected chi connectivity index (χ3v) is 2.41. The molecule has 0 aliphatic rings. The molecule has 19 heavy (non-hydrogen) atoms. The smallest absolute Gasteiger partial charge is 0.321 e. The highest BCUT2D eigenvalue weighted by molar-refractivity contribution is 5.96. The topological polar surface area (TPSA) is 93.5 Å². The zero-order chi connectivity index (χ0) is 14.4. The van der Waals surface area contributed by atoms with Crippen LogP contribution < -0.4 is 21.1 Å². The number of carbonyl (C=O) groups is 2. The van der Waals surface area contributed by atoms with E-state index in [2.05, 4.69) is 10.6 Å². The van der Waals surface area contributed by atoms with E-state index in [0.717, 1.165) is 5.56 Å². The predicted octanol–water partition coefficient (Wildman–Crippen LogP) is 1.19. The van der Waals surface area contributed by atoms with Gasteiger partial charge in [0.2, 0.25) is 0 Å². The number of urea groups is 1. The molecule has 4 N–H and O–H groups in total. The molecule has 0 saturated heterocycles. The van der Waals surface area contributed by atoms with Crippen molar-refractivity contribution in [3.63, 3.8) is 0 Å². The van der Waals surface area contributed by atoms with E-state index in [-0.39, 0.29) is 0 Å². The van der Waals surface area contributed by atoms with Crippen molar-refractivity contribution in [1.29, 1.82) is 0 Å². The molecule has 0 fully saturated rings. The number of benzene rings is 1. The van der Waals surface area contributed by atoms with Crippen LogP contribution in [0.2, 0.25) is 0 Å². The van der Waals surface area contributed by atoms with Gasteiger partial charge in [-0.1, -0.05) is 6.07 Å². The molecule has 0 aliphatic heterocycles. The van der Waals surface area contributed by atoms with Gasteiger partial charge in [0.05, 0.1) is 5.69 Å². The highest BCUT2D eigenvalue weighted by Gasteiger charge is 2.17. The van der Waals surface area contributed by atoms with Gasteiger partial charge in [0.1, 0.15) is 5.75 Å². The average molecular weight is 265 g/mol. The van der Waals surface area contributed by atoms with Gasteiger partial charge < -0.3 is 15.8 Å². The van der Waals surface area contributed by atoms with Crippen molar-refractivity contribution in [3.05, 3.63) is 23.8 Å². The van der Waals surface area contributed by atoms with Crippen LogP contribution in [0.25, 0.3) is 0 Å². The zero-order valence-corrected chi connectivity index (χ0v) is 11.3. The Bertz CT molecular complexity index is 474. The molecule has 6 nitrogen and oxygen atoms in total. The Morgan fingerprint density at radius 2 is 2.11 bits per heavy atom. The first-order chi connectivity index (χ1) is 8.93. The number of imide groups is 1. The minimum Gasteiger partial charge on any atom is -0.479 e. The van der Waals surface area contributed by atoms with Crippen molar-refractivity contribution in [3.8, 4) is 5.75 Å². The third kappa shape index (κ3) is 4.50. The second-order valence-corrected chi connectivity index (χ2v) is 4.15. The van der Waals surface area contributed by atoms with Crippen LogP contribution in [0.3, 0.4) is 0 Å². The largest absolute Gasteiger partial charge is 0.479 e. The molecule has 0 saturated carbocycles. The molecule has 1 unspecified atom stereocenters. The molecule has 6 heteroatoms. The Balaban J connectivity index is 2.61. The standard InChI is InChI=1S/C13H19N3O3/c1-4-15-13(18)16-12(17)9(3)19-11-6-5-8(2)7-10(11)14/h5-7,9H,4,14H2,1-3H3,(H2,15,16,17,18). The Morgan fingerprint density at radius 3 is 2.68 bits per heavy atom. The number of rotatable bonds is 4. The fourth-order valence-corrected chi connectivity index (χ4v) is 1.44. The van der Waals surface area contributed by atoms with Crippen LogP contribution in [0.15, 0.2) is 18.2 Å². The summed E-state index contributed by atoms with van der Waals surface area (Å²) in [6, 6.07) is 4.74. The van der Waals surface area contributed by atoms with Crippen molar-refractivity contribution in [2.75, 3.05) is 12.3 Å². The molecule has 0 aliphatic carbocycles. The molecule has 3 amide bonds. The number of nitrogens with two attached hydrogens (primary N) is 1. The number of nitrogens with one attached hydrogen (secondary N) is 2. The van der Waals surface area contributed by atoms with Gasteiger partial charge in [-0.15, -0.1) is 0 Å². The van der Waals surface area contributed by atoms with E-state index in [4.69, 9.17) is 10.5 Å². The summed E-state index contributed by atoms with van der Waals surface area (Å²) in [5.41, 5.74) is 7.24. The molecule has 104 valence electrons. The van der Waals surface area contributed by atoms with Gasteiger partial charge in [0.15, 0.2) is 6.10 Å². The van der Waals surface area contributed by atoms with Crippen LogP contribution in [-0.2, 0) is 4.79 Å². The van der Waals surface area contributed by atoms with Gasteiger partial charge in [0, 0.05) is 6.54 Å². The van der Waals surface area contributed by atoms with Crippen molar-refractivity contribution in [2.24, 2.45) is 0 Å². The fourth-order valence-electron chi connectivity index (χ4n) is 1.44. The molecule has 1 aromatic carbocycles. The number of hydrogen-bond acceptors (Lipinski definition) is 4. The van der Waals surface area contributed by atoms with Crippen molar-refractivity contribution in [2.45, 2.75) is 26.9 Å². The number of ether oxygens (including phenoxy) is 1. The molecule has 0 aromatic heterocycles. The molecule has 0 bridgehead atoms. The zero-order valence-electron chi connectivity index (χ0n) is 11.3. The van der Waals surface area contributed by atoms with E-state index in [0.29, 0.717) is 18.0 Å². The number of carbonyl (C=O) groups excluding carboxylic acids is 2. The Kier molecular flexibility index (Phi) is 5.17. The van der Waals surface area contributed by atoms with E-state index in [1.54, 1.807) is 26.0 Å². The number of anilines is 1. The maximum Gasteiger partial charge on any atom is 0.321 e. The van der Waals surface area contributed by atoms with Gasteiger partial charge in [-0.2, -0.15) is 0 Å². The Morgan fingerprint density at radius 1 is 1.42 bits per heavy atom. The molecule has 1 rings (SSSR count). The summed E-state index contributed by atoms with van der Waals surface area (Å²) in [7, 11) is 0. The lowest BCUT2D eigenvalue weighted by Gasteiger charge is -2.15. The van der Waals surface area contributed by atoms with Crippen LogP contribution in [0.4, 0.5) is 10.5 Å². The first-order valence-electron chi connectivity index (χ1n) is 6.05. The SMILES string of the molecule is CCNC(=O)NC(=O)C(C)Oc1ccc(C)cc1N. The summed E-state index contributed by atoms with van der Waals surface area (Å²) in [4.78, 5) is 22.9. The third-order valence-electron chi connectivity index (χ3n) is 2.41. The molecule has 1 aromatic rings. The molecule has 0 spiro atoms. The van der Waals surface area contributed by atoms with Gasteiger partial charge in [0.25, 0.3) is 5.91 Å². The van der Waals surface area contributed by atoms with Crippen LogP contribution in [0.5, 0.6) is 5.75 Å². The maximum absolute atomic E-state index is 11.7. The van der Waals surface area contributed by atoms with Crippen LogP contribution in [-0.4, -0.2) is 24.6 Å². The van der Waals surface area contributed by atoms with E-state index < -0.39 is 18.0 Å². The van der Waals surface area contributed by atoms with E-state index in [1.807, 2.05) is 13.0 Å². The van der Waals surface area contributed by atoms with Gasteiger partial charge in [-0.05, 0) is 38.5 Å². The second-order valence-electron chi connectivity index (χ2n) is 4.15. The molecule has 0 heterocycles. The predicted molar refractivity (Wildman–Crippen MR) is 72.9 cm³/mol. The van der Waals surface area contributed by atoms with E-state index >= 15 is 0 Å². The lowest BCUT2D eigenvalue weighted by Crippen LogP contribution is -2.45. The highest BCUT2D eigenvalue weighted by atomic mass is 16.5. The first-order valence-corrected chi connectivity index (χ1v) is 6.05. The number of amides is 3. The summed E-state index contributed by atoms with van der Waals surface area (Å²) in [5.74, 6) is -0.102. The Labute approximate surface area is 112 Å². The summed E-state index contributed by atoms with van der Waals surface area (Å²) < 4.78 is 5.42. The second kappa shape index (κ2) is 6.63. The van der Waals surface area contributed by atoms with Crippen LogP contribution in [0.1, 0.15) is 19.4 Å². The highest BCUT2D eigenvalue weighted by Crippen LogP contribution is 2.23. The summed E-state index contributed by atoms with van der Waals surface area (Å²) >= 11 is 0. The van der Waals surface area contributed by atoms with E-state index in [9.17, 15) is 9.59 Å². The van der Waals surface area contributed by atoms with Gasteiger partial charge in [-0.3, -0.25) is 10.1 Å². The van der Waals surface area contributed by atoms with Crippen molar-refractivity contribution in [1.82, 2.24) is 10.6 Å². The first kappa shape index (κ1) is 14.8. The average Bonchev–Trinajstić information content (AvgIpc) is 2.32. The maximum atomic E-state index is 11.7. The number of aryl methyl sites for hydroxylation is 1. The lowest BCUT2D eigenvalue weighted by molar-refractivity contribution is -0.126. The normalized spacial score (nSPS) is 11.5. The summed E-state index contributed by atoms with van der Waals surface area (Å²) in [6.07, 6.45) is -0.812. The minimum absolute atomic E-state index is 0.421. The molecular weight excluding hydrogens is 246 g/mol. The minimum atomic E-state index is -0.812. The monoisotopic (exact) mass is 265 g/mol. The van der Waals surface area contributed by atoms with Crippen LogP contribution >= 0.6 is 0 Å². The summed E-state index contributed by atoms with van der Waals surface area (Å²) in [6.45, 7) is 5.66. The molecule has 1 atom stereocenters. The number of nitrogen functional groups attached to an aromatic ring is 1. The van der Waals surface area contributed by atoms with E-state index in [1.165, 1.54) is 0 Å². The lowest BCUT2D eigenvalue weighted by atomic mass is 10.2. The molecular formula is C13H19N3O3. The van der Waals surface area contributed by atoms with Crippen molar-refractivity contribution >= 4 is 17.6 Å². The quantitative estimate of drug-likeness (QED) is 0.713.